The molecule has 0 aliphatic heterocycles. The van der Waals surface area contributed by atoms with E-state index >= 15 is 0 Å². The Labute approximate surface area is 93.9 Å². The molecular weight excluding hydrogens is 204 g/mol. The summed E-state index contributed by atoms with van der Waals surface area (Å²) < 4.78 is 2.18. The first kappa shape index (κ1) is 10.2. The fraction of sp³-hybridized carbons (Fsp3) is 0.250. The van der Waals surface area contributed by atoms with Crippen molar-refractivity contribution >= 4 is 11.3 Å². The third-order valence-corrected chi connectivity index (χ3v) is 3.10. The van der Waals surface area contributed by atoms with Crippen molar-refractivity contribution in [2.24, 2.45) is 0 Å². The van der Waals surface area contributed by atoms with Crippen LogP contribution in [0.5, 0.6) is 0 Å². The van der Waals surface area contributed by atoms with Gasteiger partial charge in [-0.15, -0.1) is 17.9 Å². The topological polar surface area (TPSA) is 17.8 Å². The lowest BCUT2D eigenvalue weighted by Crippen LogP contribution is -1.98. The van der Waals surface area contributed by atoms with Crippen LogP contribution in [0, 0.1) is 0 Å². The maximum atomic E-state index is 4.38. The molecule has 0 unspecified atom stereocenters. The Balaban J connectivity index is 2.19. The number of aryl methyl sites for hydroxylation is 1. The summed E-state index contributed by atoms with van der Waals surface area (Å²) in [5, 5.41) is 2.08. The van der Waals surface area contributed by atoms with Crippen molar-refractivity contribution in [3.8, 4) is 10.7 Å². The molecule has 0 saturated carbocycles. The Morgan fingerprint density at radius 1 is 1.60 bits per heavy atom. The number of nitrogens with zero attached hydrogens (tertiary/aromatic N) is 2. The number of allylic oxidation sites excluding steroid dienone is 1. The Bertz CT molecular complexity index is 440. The number of rotatable bonds is 4. The number of imidazole rings is 1. The highest BCUT2D eigenvalue weighted by Crippen LogP contribution is 2.23. The largest absolute Gasteiger partial charge is 0.330 e. The maximum absolute atomic E-state index is 4.38. The second kappa shape index (κ2) is 4.45. The van der Waals surface area contributed by atoms with Crippen LogP contribution in [0.3, 0.4) is 0 Å². The summed E-state index contributed by atoms with van der Waals surface area (Å²) >= 11 is 1.72. The van der Waals surface area contributed by atoms with Gasteiger partial charge in [-0.1, -0.05) is 11.6 Å². The summed E-state index contributed by atoms with van der Waals surface area (Å²) in [6.45, 7) is 6.93. The van der Waals surface area contributed by atoms with Gasteiger partial charge in [0, 0.05) is 18.9 Å². The van der Waals surface area contributed by atoms with E-state index in [2.05, 4.69) is 40.6 Å². The van der Waals surface area contributed by atoms with Gasteiger partial charge in [0.05, 0.1) is 4.88 Å². The van der Waals surface area contributed by atoms with Crippen LogP contribution in [0.1, 0.15) is 13.3 Å². The zero-order chi connectivity index (χ0) is 10.7. The maximum Gasteiger partial charge on any atom is 0.149 e. The molecule has 3 heteroatoms. The van der Waals surface area contributed by atoms with Gasteiger partial charge in [-0.05, 0) is 24.8 Å². The summed E-state index contributed by atoms with van der Waals surface area (Å²) in [5.74, 6) is 1.06. The van der Waals surface area contributed by atoms with Crippen LogP contribution in [0.15, 0.2) is 42.1 Å². The van der Waals surface area contributed by atoms with E-state index in [0.717, 1.165) is 18.8 Å². The van der Waals surface area contributed by atoms with E-state index in [9.17, 15) is 0 Å². The summed E-state index contributed by atoms with van der Waals surface area (Å²) in [6, 6.07) is 4.15. The van der Waals surface area contributed by atoms with Crippen LogP contribution >= 0.6 is 11.3 Å². The fourth-order valence-electron chi connectivity index (χ4n) is 1.43. The molecule has 15 heavy (non-hydrogen) atoms. The van der Waals surface area contributed by atoms with Gasteiger partial charge in [0.1, 0.15) is 5.82 Å². The zero-order valence-corrected chi connectivity index (χ0v) is 9.63. The quantitative estimate of drug-likeness (QED) is 0.717. The average Bonchev–Trinajstić information content (AvgIpc) is 2.85. The second-order valence-electron chi connectivity index (χ2n) is 3.63. The molecular formula is C12H14N2S. The van der Waals surface area contributed by atoms with E-state index in [1.165, 1.54) is 10.5 Å². The van der Waals surface area contributed by atoms with Gasteiger partial charge < -0.3 is 4.57 Å². The van der Waals surface area contributed by atoms with E-state index in [1.54, 1.807) is 11.3 Å². The van der Waals surface area contributed by atoms with Gasteiger partial charge in [0.2, 0.25) is 0 Å². The van der Waals surface area contributed by atoms with Crippen molar-refractivity contribution in [1.29, 1.82) is 0 Å². The molecule has 0 atom stereocenters. The normalized spacial score (nSPS) is 10.5. The highest BCUT2D eigenvalue weighted by Gasteiger charge is 2.05. The van der Waals surface area contributed by atoms with Crippen molar-refractivity contribution in [3.05, 3.63) is 42.1 Å². The van der Waals surface area contributed by atoms with Crippen LogP contribution in [0.4, 0.5) is 0 Å². The molecule has 78 valence electrons. The second-order valence-corrected chi connectivity index (χ2v) is 4.58. The standard InChI is InChI=1S/C12H14N2S/c1-10(2)5-7-14-8-6-13-12(14)11-4-3-9-15-11/h3-4,6,8-9H,1,5,7H2,2H3. The van der Waals surface area contributed by atoms with E-state index in [0.29, 0.717) is 0 Å². The van der Waals surface area contributed by atoms with Gasteiger partial charge >= 0.3 is 0 Å². The molecule has 0 aliphatic rings. The van der Waals surface area contributed by atoms with Crippen molar-refractivity contribution in [1.82, 2.24) is 9.55 Å². The summed E-state index contributed by atoms with van der Waals surface area (Å²) in [5.41, 5.74) is 1.21. The molecule has 0 N–H and O–H groups in total. The fourth-order valence-corrected chi connectivity index (χ4v) is 2.17. The lowest BCUT2D eigenvalue weighted by atomic mass is 10.2. The molecule has 0 aromatic carbocycles. The highest BCUT2D eigenvalue weighted by atomic mass is 32.1. The van der Waals surface area contributed by atoms with Crippen LogP contribution < -0.4 is 0 Å². The minimum Gasteiger partial charge on any atom is -0.330 e. The molecule has 0 fully saturated rings. The minimum atomic E-state index is 0.961. The van der Waals surface area contributed by atoms with Crippen molar-refractivity contribution in [2.75, 3.05) is 0 Å². The van der Waals surface area contributed by atoms with Gasteiger partial charge in [-0.3, -0.25) is 0 Å². The monoisotopic (exact) mass is 218 g/mol. The van der Waals surface area contributed by atoms with E-state index in [-0.39, 0.29) is 0 Å². The molecule has 2 aromatic heterocycles. The molecule has 0 radical (unpaired) electrons. The lowest BCUT2D eigenvalue weighted by Gasteiger charge is -2.05. The molecule has 2 aromatic rings. The Morgan fingerprint density at radius 2 is 2.47 bits per heavy atom. The third kappa shape index (κ3) is 2.36. The van der Waals surface area contributed by atoms with E-state index in [4.69, 9.17) is 0 Å². The number of aromatic nitrogens is 2. The van der Waals surface area contributed by atoms with Gasteiger partial charge in [0.15, 0.2) is 0 Å². The smallest absolute Gasteiger partial charge is 0.149 e. The molecule has 2 heterocycles. The zero-order valence-electron chi connectivity index (χ0n) is 8.81. The summed E-state index contributed by atoms with van der Waals surface area (Å²) in [4.78, 5) is 5.60. The summed E-state index contributed by atoms with van der Waals surface area (Å²) in [6.07, 6.45) is 4.89. The first-order chi connectivity index (χ1) is 7.27. The molecule has 2 rings (SSSR count). The van der Waals surface area contributed by atoms with E-state index < -0.39 is 0 Å². The molecule has 0 saturated heterocycles. The Hall–Kier alpha value is -1.35. The number of thiophene rings is 1. The van der Waals surface area contributed by atoms with Crippen LogP contribution in [-0.4, -0.2) is 9.55 Å². The minimum absolute atomic E-state index is 0.961. The predicted octanol–water partition coefficient (Wildman–Crippen LogP) is 3.58. The van der Waals surface area contributed by atoms with Crippen molar-refractivity contribution in [3.63, 3.8) is 0 Å². The molecule has 0 amide bonds. The van der Waals surface area contributed by atoms with E-state index in [1.807, 2.05) is 12.4 Å². The van der Waals surface area contributed by atoms with Gasteiger partial charge in [-0.2, -0.15) is 0 Å². The number of hydrogen-bond donors (Lipinski definition) is 0. The first-order valence-corrected chi connectivity index (χ1v) is 5.85. The number of hydrogen-bond acceptors (Lipinski definition) is 2. The molecule has 2 nitrogen and oxygen atoms in total. The summed E-state index contributed by atoms with van der Waals surface area (Å²) in [7, 11) is 0. The van der Waals surface area contributed by atoms with Crippen LogP contribution in [-0.2, 0) is 6.54 Å². The predicted molar refractivity (Wildman–Crippen MR) is 65.0 cm³/mol. The Kier molecular flexibility index (Phi) is 3.02. The molecule has 0 spiro atoms. The van der Waals surface area contributed by atoms with Crippen LogP contribution in [0.2, 0.25) is 0 Å². The van der Waals surface area contributed by atoms with Crippen molar-refractivity contribution in [2.45, 2.75) is 19.9 Å². The highest BCUT2D eigenvalue weighted by molar-refractivity contribution is 7.13. The SMILES string of the molecule is C=C(C)CCn1ccnc1-c1cccs1. The lowest BCUT2D eigenvalue weighted by molar-refractivity contribution is 0.700. The molecule has 0 aliphatic carbocycles. The third-order valence-electron chi connectivity index (χ3n) is 2.24. The average molecular weight is 218 g/mol. The van der Waals surface area contributed by atoms with Crippen molar-refractivity contribution < 1.29 is 0 Å². The Morgan fingerprint density at radius 3 is 3.13 bits per heavy atom. The first-order valence-electron chi connectivity index (χ1n) is 4.97. The molecule has 0 bridgehead atoms. The van der Waals surface area contributed by atoms with Crippen LogP contribution in [0.25, 0.3) is 10.7 Å². The van der Waals surface area contributed by atoms with Gasteiger partial charge in [-0.25, -0.2) is 4.98 Å². The van der Waals surface area contributed by atoms with Gasteiger partial charge in [0.25, 0.3) is 0 Å².